The van der Waals surface area contributed by atoms with Gasteiger partial charge >= 0.3 is 0 Å². The standard InChI is InChI=1S/C14H24N4O/c1-11(2)12-3-6-18(7-4-12)14(19)13-9-17(8-5-15)10-16-13/h9-12H,3-8,15H2,1-2H3. The zero-order valence-corrected chi connectivity index (χ0v) is 11.9. The van der Waals surface area contributed by atoms with Crippen LogP contribution in [-0.2, 0) is 6.54 Å². The third kappa shape index (κ3) is 3.35. The molecule has 1 fully saturated rings. The molecule has 0 aliphatic carbocycles. The van der Waals surface area contributed by atoms with E-state index < -0.39 is 0 Å². The lowest BCUT2D eigenvalue weighted by atomic mass is 9.86. The number of amides is 1. The Morgan fingerprint density at radius 2 is 2.16 bits per heavy atom. The lowest BCUT2D eigenvalue weighted by Gasteiger charge is -2.33. The van der Waals surface area contributed by atoms with Crippen LogP contribution >= 0.6 is 0 Å². The van der Waals surface area contributed by atoms with E-state index in [9.17, 15) is 4.79 Å². The highest BCUT2D eigenvalue weighted by Gasteiger charge is 2.26. The molecular weight excluding hydrogens is 240 g/mol. The van der Waals surface area contributed by atoms with Crippen molar-refractivity contribution in [3.8, 4) is 0 Å². The van der Waals surface area contributed by atoms with Gasteiger partial charge in [0.2, 0.25) is 0 Å². The summed E-state index contributed by atoms with van der Waals surface area (Å²) in [6.45, 7) is 7.49. The molecule has 0 atom stereocenters. The number of carbonyl (C=O) groups excluding carboxylic acids is 1. The van der Waals surface area contributed by atoms with Crippen molar-refractivity contribution in [2.24, 2.45) is 17.6 Å². The molecule has 5 heteroatoms. The second-order valence-electron chi connectivity index (χ2n) is 5.66. The minimum Gasteiger partial charge on any atom is -0.337 e. The lowest BCUT2D eigenvalue weighted by molar-refractivity contribution is 0.0662. The van der Waals surface area contributed by atoms with Crippen molar-refractivity contribution in [1.82, 2.24) is 14.5 Å². The number of imidazole rings is 1. The maximum atomic E-state index is 12.3. The molecule has 19 heavy (non-hydrogen) atoms. The third-order valence-corrected chi connectivity index (χ3v) is 4.01. The van der Waals surface area contributed by atoms with Crippen molar-refractivity contribution in [3.63, 3.8) is 0 Å². The predicted octanol–water partition coefficient (Wildman–Crippen LogP) is 1.35. The first kappa shape index (κ1) is 14.1. The molecular formula is C14H24N4O. The summed E-state index contributed by atoms with van der Waals surface area (Å²) in [7, 11) is 0. The summed E-state index contributed by atoms with van der Waals surface area (Å²) in [6, 6.07) is 0. The molecule has 0 radical (unpaired) electrons. The van der Waals surface area contributed by atoms with Crippen LogP contribution in [0.15, 0.2) is 12.5 Å². The summed E-state index contributed by atoms with van der Waals surface area (Å²) in [5, 5.41) is 0. The number of hydrogen-bond donors (Lipinski definition) is 1. The fraction of sp³-hybridized carbons (Fsp3) is 0.714. The Morgan fingerprint density at radius 3 is 2.74 bits per heavy atom. The zero-order chi connectivity index (χ0) is 13.8. The van der Waals surface area contributed by atoms with E-state index in [0.29, 0.717) is 24.7 Å². The summed E-state index contributed by atoms with van der Waals surface area (Å²) in [5.41, 5.74) is 6.03. The topological polar surface area (TPSA) is 64.2 Å². The summed E-state index contributed by atoms with van der Waals surface area (Å²) in [6.07, 6.45) is 5.69. The minimum absolute atomic E-state index is 0.0537. The number of piperidine rings is 1. The molecule has 0 saturated carbocycles. The number of rotatable bonds is 4. The normalized spacial score (nSPS) is 17.2. The quantitative estimate of drug-likeness (QED) is 0.893. The largest absolute Gasteiger partial charge is 0.337 e. The zero-order valence-electron chi connectivity index (χ0n) is 11.9. The minimum atomic E-state index is 0.0537. The monoisotopic (exact) mass is 264 g/mol. The molecule has 1 saturated heterocycles. The van der Waals surface area contributed by atoms with Crippen LogP contribution in [0.25, 0.3) is 0 Å². The van der Waals surface area contributed by atoms with Gasteiger partial charge in [-0.1, -0.05) is 13.8 Å². The highest BCUT2D eigenvalue weighted by atomic mass is 16.2. The number of carbonyl (C=O) groups is 1. The van der Waals surface area contributed by atoms with Crippen molar-refractivity contribution in [1.29, 1.82) is 0 Å². The summed E-state index contributed by atoms with van der Waals surface area (Å²) in [5.74, 6) is 1.51. The van der Waals surface area contributed by atoms with Crippen LogP contribution in [0.4, 0.5) is 0 Å². The van der Waals surface area contributed by atoms with Gasteiger partial charge in [0.25, 0.3) is 5.91 Å². The van der Waals surface area contributed by atoms with E-state index in [1.54, 1.807) is 12.5 Å². The molecule has 1 aromatic heterocycles. The number of aromatic nitrogens is 2. The van der Waals surface area contributed by atoms with Crippen LogP contribution in [0.2, 0.25) is 0 Å². The van der Waals surface area contributed by atoms with Gasteiger partial charge in [0.15, 0.2) is 0 Å². The van der Waals surface area contributed by atoms with E-state index in [1.165, 1.54) is 0 Å². The van der Waals surface area contributed by atoms with Crippen LogP contribution in [0.1, 0.15) is 37.2 Å². The second kappa shape index (κ2) is 6.19. The SMILES string of the molecule is CC(C)C1CCN(C(=O)c2cn(CCN)cn2)CC1. The van der Waals surface area contributed by atoms with E-state index in [0.717, 1.165) is 31.8 Å². The summed E-state index contributed by atoms with van der Waals surface area (Å²) >= 11 is 0. The van der Waals surface area contributed by atoms with Gasteiger partial charge in [-0.3, -0.25) is 4.79 Å². The second-order valence-corrected chi connectivity index (χ2v) is 5.66. The van der Waals surface area contributed by atoms with Crippen molar-refractivity contribution in [2.45, 2.75) is 33.2 Å². The molecule has 0 bridgehead atoms. The number of nitrogens with two attached hydrogens (primary N) is 1. The average Bonchev–Trinajstić information content (AvgIpc) is 2.87. The summed E-state index contributed by atoms with van der Waals surface area (Å²) in [4.78, 5) is 18.4. The number of nitrogens with zero attached hydrogens (tertiary/aromatic N) is 3. The Bertz CT molecular complexity index is 419. The Hall–Kier alpha value is -1.36. The molecule has 1 aliphatic heterocycles. The van der Waals surface area contributed by atoms with Crippen LogP contribution in [0.5, 0.6) is 0 Å². The lowest BCUT2D eigenvalue weighted by Crippen LogP contribution is -2.39. The van der Waals surface area contributed by atoms with E-state index in [2.05, 4.69) is 18.8 Å². The molecule has 0 unspecified atom stereocenters. The van der Waals surface area contributed by atoms with Gasteiger partial charge in [-0.2, -0.15) is 0 Å². The molecule has 1 aliphatic rings. The fourth-order valence-electron chi connectivity index (χ4n) is 2.67. The van der Waals surface area contributed by atoms with Crippen molar-refractivity contribution in [2.75, 3.05) is 19.6 Å². The van der Waals surface area contributed by atoms with Gasteiger partial charge in [0, 0.05) is 32.4 Å². The molecule has 1 amide bonds. The molecule has 2 heterocycles. The van der Waals surface area contributed by atoms with Gasteiger partial charge in [0.1, 0.15) is 5.69 Å². The van der Waals surface area contributed by atoms with E-state index in [-0.39, 0.29) is 5.91 Å². The molecule has 106 valence electrons. The molecule has 2 rings (SSSR count). The fourth-order valence-corrected chi connectivity index (χ4v) is 2.67. The van der Waals surface area contributed by atoms with Gasteiger partial charge in [-0.25, -0.2) is 4.98 Å². The Morgan fingerprint density at radius 1 is 1.47 bits per heavy atom. The van der Waals surface area contributed by atoms with Crippen LogP contribution in [-0.4, -0.2) is 40.0 Å². The first-order valence-corrected chi connectivity index (χ1v) is 7.13. The van der Waals surface area contributed by atoms with E-state index >= 15 is 0 Å². The highest BCUT2D eigenvalue weighted by molar-refractivity contribution is 5.92. The van der Waals surface area contributed by atoms with Crippen molar-refractivity contribution < 1.29 is 4.79 Å². The molecule has 5 nitrogen and oxygen atoms in total. The van der Waals surface area contributed by atoms with E-state index in [4.69, 9.17) is 5.73 Å². The van der Waals surface area contributed by atoms with Crippen LogP contribution in [0, 0.1) is 11.8 Å². The van der Waals surface area contributed by atoms with Crippen molar-refractivity contribution >= 4 is 5.91 Å². The first-order valence-electron chi connectivity index (χ1n) is 7.13. The highest BCUT2D eigenvalue weighted by Crippen LogP contribution is 2.25. The van der Waals surface area contributed by atoms with Crippen molar-refractivity contribution in [3.05, 3.63) is 18.2 Å². The number of hydrogen-bond acceptors (Lipinski definition) is 3. The van der Waals surface area contributed by atoms with Crippen LogP contribution in [0.3, 0.4) is 0 Å². The van der Waals surface area contributed by atoms with Gasteiger partial charge < -0.3 is 15.2 Å². The first-order chi connectivity index (χ1) is 9.11. The van der Waals surface area contributed by atoms with Gasteiger partial charge in [-0.15, -0.1) is 0 Å². The Labute approximate surface area is 114 Å². The smallest absolute Gasteiger partial charge is 0.274 e. The molecule has 0 aromatic carbocycles. The maximum absolute atomic E-state index is 12.3. The maximum Gasteiger partial charge on any atom is 0.274 e. The molecule has 2 N–H and O–H groups in total. The molecule has 0 spiro atoms. The predicted molar refractivity (Wildman–Crippen MR) is 74.7 cm³/mol. The number of likely N-dealkylation sites (tertiary alicyclic amines) is 1. The van der Waals surface area contributed by atoms with Crippen LogP contribution < -0.4 is 5.73 Å². The molecule has 1 aromatic rings. The van der Waals surface area contributed by atoms with Gasteiger partial charge in [0.05, 0.1) is 6.33 Å². The third-order valence-electron chi connectivity index (χ3n) is 4.01. The average molecular weight is 264 g/mol. The summed E-state index contributed by atoms with van der Waals surface area (Å²) < 4.78 is 1.87. The Kier molecular flexibility index (Phi) is 4.58. The Balaban J connectivity index is 1.93. The van der Waals surface area contributed by atoms with E-state index in [1.807, 2.05) is 9.47 Å². The van der Waals surface area contributed by atoms with Gasteiger partial charge in [-0.05, 0) is 24.7 Å².